The Morgan fingerprint density at radius 1 is 1.32 bits per heavy atom. The van der Waals surface area contributed by atoms with Crippen molar-refractivity contribution < 1.29 is 14.1 Å². The molecule has 0 bridgehead atoms. The van der Waals surface area contributed by atoms with E-state index in [9.17, 15) is 4.79 Å². The molecule has 132 valence electrons. The van der Waals surface area contributed by atoms with Crippen molar-refractivity contribution in [2.24, 2.45) is 5.41 Å². The Hall–Kier alpha value is -2.41. The van der Waals surface area contributed by atoms with E-state index >= 15 is 0 Å². The molecule has 0 unspecified atom stereocenters. The van der Waals surface area contributed by atoms with Gasteiger partial charge in [0.2, 0.25) is 0 Å². The summed E-state index contributed by atoms with van der Waals surface area (Å²) in [5.74, 6) is 1.00. The van der Waals surface area contributed by atoms with Crippen molar-refractivity contribution in [1.82, 2.24) is 20.4 Å². The van der Waals surface area contributed by atoms with Gasteiger partial charge in [0.05, 0.1) is 7.11 Å². The van der Waals surface area contributed by atoms with Gasteiger partial charge in [0.1, 0.15) is 5.75 Å². The molecule has 2 saturated heterocycles. The summed E-state index contributed by atoms with van der Waals surface area (Å²) in [6.45, 7) is 3.66. The van der Waals surface area contributed by atoms with Crippen LogP contribution in [0.2, 0.25) is 0 Å². The topological polar surface area (TPSA) is 80.5 Å². The van der Waals surface area contributed by atoms with Gasteiger partial charge in [0.15, 0.2) is 0 Å². The molecule has 2 aromatic rings. The van der Waals surface area contributed by atoms with E-state index in [1.807, 2.05) is 23.1 Å². The molecule has 7 heteroatoms. The Balaban J connectivity index is 1.45. The molecular weight excluding hydrogens is 320 g/mol. The number of methoxy groups -OCH3 is 1. The van der Waals surface area contributed by atoms with E-state index in [-0.39, 0.29) is 11.7 Å². The number of likely N-dealkylation sites (tertiary alicyclic amines) is 1. The zero-order valence-electron chi connectivity index (χ0n) is 14.3. The number of carbonyl (C=O) groups excluding carboxylic acids is 1. The smallest absolute Gasteiger partial charge is 0.295 e. The second kappa shape index (κ2) is 6.48. The number of nitrogens with zero attached hydrogens (tertiary/aromatic N) is 3. The van der Waals surface area contributed by atoms with Crippen LogP contribution in [-0.4, -0.2) is 54.2 Å². The van der Waals surface area contributed by atoms with Gasteiger partial charge in [0, 0.05) is 25.2 Å². The third-order valence-electron chi connectivity index (χ3n) is 5.38. The predicted octanol–water partition coefficient (Wildman–Crippen LogP) is 1.96. The van der Waals surface area contributed by atoms with Gasteiger partial charge in [-0.3, -0.25) is 4.79 Å². The molecule has 3 heterocycles. The molecule has 1 aromatic carbocycles. The Kier molecular flexibility index (Phi) is 4.17. The number of hydrogen-bond donors (Lipinski definition) is 1. The van der Waals surface area contributed by atoms with E-state index in [1.165, 1.54) is 6.42 Å². The SMILES string of the molecule is COc1cccc(-c2nc(C(=O)N3CCC4(CCNC4)CC3)no2)c1. The van der Waals surface area contributed by atoms with E-state index in [2.05, 4.69) is 15.5 Å². The summed E-state index contributed by atoms with van der Waals surface area (Å²) < 4.78 is 10.5. The normalized spacial score (nSPS) is 19.3. The van der Waals surface area contributed by atoms with E-state index in [0.717, 1.165) is 44.6 Å². The molecule has 1 N–H and O–H groups in total. The maximum atomic E-state index is 12.7. The van der Waals surface area contributed by atoms with Crippen LogP contribution in [-0.2, 0) is 0 Å². The zero-order valence-corrected chi connectivity index (χ0v) is 14.3. The highest BCUT2D eigenvalue weighted by atomic mass is 16.5. The maximum absolute atomic E-state index is 12.7. The minimum atomic E-state index is -0.154. The number of ether oxygens (including phenoxy) is 1. The van der Waals surface area contributed by atoms with Gasteiger partial charge < -0.3 is 19.5 Å². The number of nitrogens with one attached hydrogen (secondary N) is 1. The Bertz CT molecular complexity index is 757. The first-order valence-electron chi connectivity index (χ1n) is 8.67. The Labute approximate surface area is 146 Å². The standard InChI is InChI=1S/C18H22N4O3/c1-24-14-4-2-3-13(11-14)16-20-15(21-25-16)17(23)22-9-6-18(7-10-22)5-8-19-12-18/h2-4,11,19H,5-10,12H2,1H3. The first-order valence-corrected chi connectivity index (χ1v) is 8.67. The minimum Gasteiger partial charge on any atom is -0.497 e. The van der Waals surface area contributed by atoms with Crippen LogP contribution in [0.5, 0.6) is 5.75 Å². The fraction of sp³-hybridized carbons (Fsp3) is 0.500. The Morgan fingerprint density at radius 3 is 2.88 bits per heavy atom. The van der Waals surface area contributed by atoms with Crippen molar-refractivity contribution in [3.63, 3.8) is 0 Å². The van der Waals surface area contributed by atoms with Gasteiger partial charge in [0.25, 0.3) is 17.6 Å². The number of amides is 1. The second-order valence-corrected chi connectivity index (χ2v) is 6.87. The van der Waals surface area contributed by atoms with E-state index < -0.39 is 0 Å². The molecule has 1 amide bonds. The molecule has 1 aromatic heterocycles. The largest absolute Gasteiger partial charge is 0.497 e. The monoisotopic (exact) mass is 342 g/mol. The van der Waals surface area contributed by atoms with Gasteiger partial charge in [-0.15, -0.1) is 0 Å². The van der Waals surface area contributed by atoms with Crippen LogP contribution in [0.25, 0.3) is 11.5 Å². The van der Waals surface area contributed by atoms with Crippen molar-refractivity contribution in [3.05, 3.63) is 30.1 Å². The van der Waals surface area contributed by atoms with Crippen LogP contribution in [0.1, 0.15) is 29.9 Å². The molecule has 0 atom stereocenters. The quantitative estimate of drug-likeness (QED) is 0.918. The number of aromatic nitrogens is 2. The average molecular weight is 342 g/mol. The van der Waals surface area contributed by atoms with Crippen LogP contribution in [0.15, 0.2) is 28.8 Å². The number of rotatable bonds is 3. The van der Waals surface area contributed by atoms with Crippen LogP contribution < -0.4 is 10.1 Å². The van der Waals surface area contributed by atoms with Crippen LogP contribution in [0.4, 0.5) is 0 Å². The highest BCUT2D eigenvalue weighted by Gasteiger charge is 2.38. The first kappa shape index (κ1) is 16.1. The van der Waals surface area contributed by atoms with Crippen LogP contribution >= 0.6 is 0 Å². The van der Waals surface area contributed by atoms with Gasteiger partial charge in [-0.1, -0.05) is 11.2 Å². The molecule has 7 nitrogen and oxygen atoms in total. The van der Waals surface area contributed by atoms with Crippen molar-refractivity contribution >= 4 is 5.91 Å². The molecule has 0 saturated carbocycles. The summed E-state index contributed by atoms with van der Waals surface area (Å²) >= 11 is 0. The van der Waals surface area contributed by atoms with Crippen LogP contribution in [0.3, 0.4) is 0 Å². The third-order valence-corrected chi connectivity index (χ3v) is 5.38. The summed E-state index contributed by atoms with van der Waals surface area (Å²) in [5, 5.41) is 7.32. The fourth-order valence-electron chi connectivity index (χ4n) is 3.73. The predicted molar refractivity (Wildman–Crippen MR) is 91.3 cm³/mol. The molecular formula is C18H22N4O3. The van der Waals surface area contributed by atoms with Crippen molar-refractivity contribution in [3.8, 4) is 17.2 Å². The zero-order chi connectivity index (χ0) is 17.3. The summed E-state index contributed by atoms with van der Waals surface area (Å²) in [5.41, 5.74) is 1.11. The van der Waals surface area contributed by atoms with Crippen molar-refractivity contribution in [2.75, 3.05) is 33.3 Å². The molecule has 25 heavy (non-hydrogen) atoms. The second-order valence-electron chi connectivity index (χ2n) is 6.87. The lowest BCUT2D eigenvalue weighted by molar-refractivity contribution is 0.0592. The number of piperidine rings is 1. The highest BCUT2D eigenvalue weighted by molar-refractivity contribution is 5.90. The van der Waals surface area contributed by atoms with Crippen LogP contribution in [0, 0.1) is 5.41 Å². The average Bonchev–Trinajstić information content (AvgIpc) is 3.32. The summed E-state index contributed by atoms with van der Waals surface area (Å²) in [6.07, 6.45) is 3.27. The van der Waals surface area contributed by atoms with Gasteiger partial charge >= 0.3 is 0 Å². The molecule has 2 fully saturated rings. The lowest BCUT2D eigenvalue weighted by Gasteiger charge is -2.38. The number of hydrogen-bond acceptors (Lipinski definition) is 6. The molecule has 2 aliphatic rings. The van der Waals surface area contributed by atoms with E-state index in [1.54, 1.807) is 13.2 Å². The maximum Gasteiger partial charge on any atom is 0.295 e. The number of benzene rings is 1. The Morgan fingerprint density at radius 2 is 2.16 bits per heavy atom. The van der Waals surface area contributed by atoms with E-state index in [0.29, 0.717) is 17.1 Å². The van der Waals surface area contributed by atoms with Gasteiger partial charge in [-0.2, -0.15) is 4.98 Å². The van der Waals surface area contributed by atoms with Gasteiger partial charge in [-0.05, 0) is 49.4 Å². The summed E-state index contributed by atoms with van der Waals surface area (Å²) in [6, 6.07) is 7.34. The van der Waals surface area contributed by atoms with Crippen molar-refractivity contribution in [1.29, 1.82) is 0 Å². The highest BCUT2D eigenvalue weighted by Crippen LogP contribution is 2.37. The summed E-state index contributed by atoms with van der Waals surface area (Å²) in [4.78, 5) is 18.8. The molecule has 0 aliphatic carbocycles. The van der Waals surface area contributed by atoms with Crippen molar-refractivity contribution in [2.45, 2.75) is 19.3 Å². The lowest BCUT2D eigenvalue weighted by atomic mass is 9.78. The molecule has 2 aliphatic heterocycles. The van der Waals surface area contributed by atoms with Gasteiger partial charge in [-0.25, -0.2) is 0 Å². The molecule has 1 spiro atoms. The van der Waals surface area contributed by atoms with E-state index in [4.69, 9.17) is 9.26 Å². The molecule has 4 rings (SSSR count). The first-order chi connectivity index (χ1) is 12.2. The summed E-state index contributed by atoms with van der Waals surface area (Å²) in [7, 11) is 1.60. The third kappa shape index (κ3) is 3.11. The number of carbonyl (C=O) groups is 1. The minimum absolute atomic E-state index is 0.123. The molecule has 0 radical (unpaired) electrons. The lowest BCUT2D eigenvalue weighted by Crippen LogP contribution is -2.44. The fourth-order valence-corrected chi connectivity index (χ4v) is 3.73.